The summed E-state index contributed by atoms with van der Waals surface area (Å²) in [6, 6.07) is 0. The molecule has 0 saturated carbocycles. The van der Waals surface area contributed by atoms with Crippen molar-refractivity contribution in [3.8, 4) is 0 Å². The number of hydrogen-bond acceptors (Lipinski definition) is 3. The number of nitrogens with zero attached hydrogens (tertiary/aromatic N) is 2. The molecule has 2 nitrogen and oxygen atoms in total. The van der Waals surface area contributed by atoms with Gasteiger partial charge in [0, 0.05) is 21.9 Å². The van der Waals surface area contributed by atoms with Gasteiger partial charge in [0.05, 0.1) is 0 Å². The van der Waals surface area contributed by atoms with Crippen LogP contribution in [0, 0.1) is 0 Å². The first-order valence-corrected chi connectivity index (χ1v) is 6.87. The molecule has 2 heterocycles. The molecule has 0 radical (unpaired) electrons. The third-order valence-electron chi connectivity index (χ3n) is 3.02. The van der Waals surface area contributed by atoms with Crippen LogP contribution in [0.1, 0.15) is 11.4 Å². The molecule has 0 amide bonds. The predicted octanol–water partition coefficient (Wildman–Crippen LogP) is 3.91. The Labute approximate surface area is 114 Å². The average molecular weight is 260 g/mol. The lowest BCUT2D eigenvalue weighted by Gasteiger charge is -2.06. The largest absolute Gasteiger partial charge is 0.242 e. The summed E-state index contributed by atoms with van der Waals surface area (Å²) in [5.41, 5.74) is 12.0. The Morgan fingerprint density at radius 1 is 0.789 bits per heavy atom. The fraction of sp³-hybridized carbons (Fsp3) is 0. The lowest BCUT2D eigenvalue weighted by atomic mass is 10.1. The van der Waals surface area contributed by atoms with Crippen LogP contribution >= 0.6 is 11.3 Å². The van der Waals surface area contributed by atoms with Crippen LogP contribution in [0.3, 0.4) is 0 Å². The summed E-state index contributed by atoms with van der Waals surface area (Å²) < 4.78 is 0. The summed E-state index contributed by atoms with van der Waals surface area (Å²) in [6.45, 7) is 0. The molecule has 0 bridgehead atoms. The number of aromatic nitrogens is 2. The minimum atomic E-state index is 0.873. The molecule has 2 aliphatic carbocycles. The number of rotatable bonds is 2. The topological polar surface area (TPSA) is 25.8 Å². The zero-order chi connectivity index (χ0) is 12.7. The molecule has 2 aliphatic rings. The highest BCUT2D eigenvalue weighted by Crippen LogP contribution is 2.29. The van der Waals surface area contributed by atoms with Crippen LogP contribution in [-0.4, -0.2) is 9.97 Å². The summed E-state index contributed by atoms with van der Waals surface area (Å²) in [5, 5.41) is 4.04. The van der Waals surface area contributed by atoms with Gasteiger partial charge in [-0.05, 0) is 24.3 Å². The molecule has 0 aliphatic heterocycles. The van der Waals surface area contributed by atoms with Crippen LogP contribution in [0.4, 0.5) is 0 Å². The zero-order valence-electron chi connectivity index (χ0n) is 9.92. The molecule has 0 saturated heterocycles. The van der Waals surface area contributed by atoms with Gasteiger partial charge in [-0.3, -0.25) is 0 Å². The third-order valence-corrected chi connectivity index (χ3v) is 3.74. The summed E-state index contributed by atoms with van der Waals surface area (Å²) in [7, 11) is 0. The molecule has 2 aromatic heterocycles. The van der Waals surface area contributed by atoms with E-state index in [2.05, 4.69) is 11.5 Å². The summed E-state index contributed by atoms with van der Waals surface area (Å²) >= 11 is 1.62. The standard InChI is InChI=1S/C16H8N2S/c1-2-6-11(5-1)15-16(12-7-3-4-8-12)18-14-10-19-9-13(14)17-15/h1-5,7,9-10H. The highest BCUT2D eigenvalue weighted by Gasteiger charge is 2.16. The first-order valence-electron chi connectivity index (χ1n) is 5.93. The van der Waals surface area contributed by atoms with Gasteiger partial charge in [0.1, 0.15) is 22.4 Å². The Bertz CT molecular complexity index is 809. The minimum Gasteiger partial charge on any atom is -0.242 e. The quantitative estimate of drug-likeness (QED) is 0.765. The molecule has 0 atom stereocenters. The minimum absolute atomic E-state index is 0.873. The first-order chi connectivity index (χ1) is 9.42. The van der Waals surface area contributed by atoms with Crippen molar-refractivity contribution in [1.82, 2.24) is 9.97 Å². The van der Waals surface area contributed by atoms with Crippen molar-refractivity contribution in [2.24, 2.45) is 0 Å². The predicted molar refractivity (Wildman–Crippen MR) is 78.7 cm³/mol. The second-order valence-corrected chi connectivity index (χ2v) is 4.97. The van der Waals surface area contributed by atoms with Crippen molar-refractivity contribution in [3.05, 3.63) is 70.1 Å². The molecule has 0 N–H and O–H groups in total. The molecule has 2 aromatic rings. The summed E-state index contributed by atoms with van der Waals surface area (Å²) in [4.78, 5) is 9.46. The van der Waals surface area contributed by atoms with Gasteiger partial charge in [-0.25, -0.2) is 9.97 Å². The van der Waals surface area contributed by atoms with Gasteiger partial charge in [-0.15, -0.1) is 22.8 Å². The Morgan fingerprint density at radius 3 is 1.74 bits per heavy atom. The fourth-order valence-corrected chi connectivity index (χ4v) is 2.80. The molecule has 0 aromatic carbocycles. The smallest absolute Gasteiger partial charge is 0.106 e. The molecule has 3 heteroatoms. The van der Waals surface area contributed by atoms with Gasteiger partial charge in [0.2, 0.25) is 0 Å². The summed E-state index contributed by atoms with van der Waals surface area (Å²) in [6.07, 6.45) is 11.7. The summed E-state index contributed by atoms with van der Waals surface area (Å²) in [5.74, 6) is 0. The van der Waals surface area contributed by atoms with E-state index in [-0.39, 0.29) is 0 Å². The van der Waals surface area contributed by atoms with Crippen molar-refractivity contribution in [2.45, 2.75) is 0 Å². The van der Waals surface area contributed by atoms with E-state index in [0.717, 1.165) is 33.6 Å². The Hall–Kier alpha value is -2.44. The van der Waals surface area contributed by atoms with E-state index >= 15 is 0 Å². The number of fused-ring (bicyclic) bond motifs is 1. The van der Waals surface area contributed by atoms with Crippen LogP contribution in [0.15, 0.2) is 58.7 Å². The van der Waals surface area contributed by atoms with Gasteiger partial charge in [-0.2, -0.15) is 0 Å². The normalized spacial score (nSPS) is 15.6. The lowest BCUT2D eigenvalue weighted by molar-refractivity contribution is 1.23. The van der Waals surface area contributed by atoms with E-state index in [1.165, 1.54) is 0 Å². The van der Waals surface area contributed by atoms with E-state index in [1.54, 1.807) is 11.3 Å². The Kier molecular flexibility index (Phi) is 2.23. The number of thiophene rings is 1. The van der Waals surface area contributed by atoms with Crippen molar-refractivity contribution in [1.29, 1.82) is 0 Å². The van der Waals surface area contributed by atoms with Gasteiger partial charge in [0.25, 0.3) is 0 Å². The molecule has 0 unspecified atom stereocenters. The average Bonchev–Trinajstić information content (AvgIpc) is 3.18. The molecular weight excluding hydrogens is 252 g/mol. The molecule has 0 spiro atoms. The maximum Gasteiger partial charge on any atom is 0.106 e. The van der Waals surface area contributed by atoms with Crippen LogP contribution < -0.4 is 0 Å². The van der Waals surface area contributed by atoms with E-state index < -0.39 is 0 Å². The second kappa shape index (κ2) is 4.04. The number of allylic oxidation sites excluding steroid dienone is 6. The van der Waals surface area contributed by atoms with Gasteiger partial charge >= 0.3 is 0 Å². The maximum absolute atomic E-state index is 4.73. The van der Waals surface area contributed by atoms with E-state index in [4.69, 9.17) is 9.97 Å². The van der Waals surface area contributed by atoms with Gasteiger partial charge in [-0.1, -0.05) is 12.2 Å². The SMILES string of the molecule is C1=CC=CC=1c1nc2cscc2nc1C1=C=CC=C1. The van der Waals surface area contributed by atoms with Crippen molar-refractivity contribution in [2.75, 3.05) is 0 Å². The lowest BCUT2D eigenvalue weighted by Crippen LogP contribution is -1.98. The van der Waals surface area contributed by atoms with E-state index in [9.17, 15) is 0 Å². The monoisotopic (exact) mass is 260 g/mol. The Morgan fingerprint density at radius 2 is 1.32 bits per heavy atom. The van der Waals surface area contributed by atoms with E-state index in [1.807, 2.05) is 47.2 Å². The van der Waals surface area contributed by atoms with Crippen LogP contribution in [-0.2, 0) is 0 Å². The molecular formula is C16H8N2S. The van der Waals surface area contributed by atoms with Crippen LogP contribution in [0.5, 0.6) is 0 Å². The third kappa shape index (κ3) is 1.66. The van der Waals surface area contributed by atoms with Crippen molar-refractivity contribution in [3.63, 3.8) is 0 Å². The van der Waals surface area contributed by atoms with Crippen molar-refractivity contribution >= 4 is 33.5 Å². The Balaban J connectivity index is 2.05. The molecule has 19 heavy (non-hydrogen) atoms. The molecule has 4 rings (SSSR count). The molecule has 0 fully saturated rings. The fourth-order valence-electron chi connectivity index (χ4n) is 2.13. The van der Waals surface area contributed by atoms with Gasteiger partial charge < -0.3 is 0 Å². The first kappa shape index (κ1) is 10.5. The van der Waals surface area contributed by atoms with E-state index in [0.29, 0.717) is 0 Å². The van der Waals surface area contributed by atoms with Crippen molar-refractivity contribution < 1.29 is 0 Å². The molecule has 88 valence electrons. The van der Waals surface area contributed by atoms with Crippen LogP contribution in [0.25, 0.3) is 22.2 Å². The second-order valence-electron chi connectivity index (χ2n) is 4.23. The highest BCUT2D eigenvalue weighted by molar-refractivity contribution is 7.09. The number of hydrogen-bond donors (Lipinski definition) is 0. The maximum atomic E-state index is 4.73. The zero-order valence-corrected chi connectivity index (χ0v) is 10.7. The van der Waals surface area contributed by atoms with Gasteiger partial charge in [0.15, 0.2) is 0 Å². The highest BCUT2D eigenvalue weighted by atomic mass is 32.1. The van der Waals surface area contributed by atoms with Crippen LogP contribution in [0.2, 0.25) is 0 Å².